The fourth-order valence-corrected chi connectivity index (χ4v) is 2.10. The van der Waals surface area contributed by atoms with Crippen LogP contribution >= 0.6 is 0 Å². The number of benzene rings is 1. The maximum Gasteiger partial charge on any atom is 0.241 e. The molecule has 1 saturated heterocycles. The van der Waals surface area contributed by atoms with Crippen molar-refractivity contribution >= 4 is 5.91 Å². The summed E-state index contributed by atoms with van der Waals surface area (Å²) in [7, 11) is 1.81. The second kappa shape index (κ2) is 4.04. The topological polar surface area (TPSA) is 52.6 Å². The quantitative estimate of drug-likeness (QED) is 0.805. The lowest BCUT2D eigenvalue weighted by Crippen LogP contribution is -2.45. The van der Waals surface area contributed by atoms with Gasteiger partial charge in [-0.3, -0.25) is 10.1 Å². The lowest BCUT2D eigenvalue weighted by molar-refractivity contribution is -0.129. The standard InChI is InChI=1S/C13H18N2O2/c1-13(2)14-11(12(17)15(13)3)8-9-4-6-10(16)7-5-9/h4-7,11,14,16H,8H2,1-3H3/t11-/m0/s1. The van der Waals surface area contributed by atoms with Crippen LogP contribution < -0.4 is 5.32 Å². The highest BCUT2D eigenvalue weighted by Gasteiger charge is 2.41. The zero-order chi connectivity index (χ0) is 12.6. The summed E-state index contributed by atoms with van der Waals surface area (Å²) in [6, 6.07) is 6.79. The van der Waals surface area contributed by atoms with Gasteiger partial charge in [-0.2, -0.15) is 0 Å². The predicted octanol–water partition coefficient (Wildman–Crippen LogP) is 1.10. The first kappa shape index (κ1) is 11.9. The van der Waals surface area contributed by atoms with E-state index in [1.807, 2.05) is 33.0 Å². The van der Waals surface area contributed by atoms with E-state index in [4.69, 9.17) is 0 Å². The second-order valence-corrected chi connectivity index (χ2v) is 5.02. The average molecular weight is 234 g/mol. The Labute approximate surface area is 101 Å². The number of hydrogen-bond donors (Lipinski definition) is 2. The van der Waals surface area contributed by atoms with Gasteiger partial charge < -0.3 is 10.0 Å². The molecular weight excluding hydrogens is 216 g/mol. The number of phenols is 1. The Hall–Kier alpha value is -1.55. The van der Waals surface area contributed by atoms with Crippen molar-refractivity contribution in [1.29, 1.82) is 0 Å². The number of nitrogens with zero attached hydrogens (tertiary/aromatic N) is 1. The van der Waals surface area contributed by atoms with Crippen LogP contribution in [0.1, 0.15) is 19.4 Å². The number of hydrogen-bond acceptors (Lipinski definition) is 3. The van der Waals surface area contributed by atoms with Gasteiger partial charge in [0.2, 0.25) is 5.91 Å². The van der Waals surface area contributed by atoms with E-state index in [1.165, 1.54) is 0 Å². The van der Waals surface area contributed by atoms with Crippen molar-refractivity contribution < 1.29 is 9.90 Å². The molecule has 0 bridgehead atoms. The van der Waals surface area contributed by atoms with Gasteiger partial charge in [0.25, 0.3) is 0 Å². The molecule has 0 aliphatic carbocycles. The van der Waals surface area contributed by atoms with Crippen LogP contribution in [-0.2, 0) is 11.2 Å². The smallest absolute Gasteiger partial charge is 0.241 e. The molecule has 0 aromatic heterocycles. The molecular formula is C13H18N2O2. The molecule has 1 aliphatic heterocycles. The fraction of sp³-hybridized carbons (Fsp3) is 0.462. The highest BCUT2D eigenvalue weighted by molar-refractivity contribution is 5.85. The maximum atomic E-state index is 12.0. The van der Waals surface area contributed by atoms with E-state index in [0.29, 0.717) is 6.42 Å². The van der Waals surface area contributed by atoms with E-state index < -0.39 is 0 Å². The summed E-state index contributed by atoms with van der Waals surface area (Å²) in [4.78, 5) is 13.7. The molecule has 1 aromatic rings. The second-order valence-electron chi connectivity index (χ2n) is 5.02. The summed E-state index contributed by atoms with van der Waals surface area (Å²) in [5.41, 5.74) is 0.748. The number of likely N-dealkylation sites (N-methyl/N-ethyl adjacent to an activating group) is 1. The average Bonchev–Trinajstić information content (AvgIpc) is 2.46. The Kier molecular flexibility index (Phi) is 2.83. The molecule has 0 spiro atoms. The third kappa shape index (κ3) is 2.26. The molecule has 1 heterocycles. The molecule has 2 rings (SSSR count). The van der Waals surface area contributed by atoms with E-state index in [9.17, 15) is 9.90 Å². The van der Waals surface area contributed by atoms with Crippen molar-refractivity contribution in [1.82, 2.24) is 10.2 Å². The number of nitrogens with one attached hydrogen (secondary N) is 1. The van der Waals surface area contributed by atoms with Gasteiger partial charge in [0.15, 0.2) is 0 Å². The van der Waals surface area contributed by atoms with Crippen LogP contribution in [0.4, 0.5) is 0 Å². The summed E-state index contributed by atoms with van der Waals surface area (Å²) in [6.07, 6.45) is 0.646. The molecule has 92 valence electrons. The van der Waals surface area contributed by atoms with Gasteiger partial charge in [-0.15, -0.1) is 0 Å². The van der Waals surface area contributed by atoms with Crippen LogP contribution in [-0.4, -0.2) is 34.7 Å². The molecule has 0 radical (unpaired) electrons. The Morgan fingerprint density at radius 1 is 1.35 bits per heavy atom. The van der Waals surface area contributed by atoms with Gasteiger partial charge in [-0.1, -0.05) is 12.1 Å². The first-order chi connectivity index (χ1) is 7.90. The first-order valence-electron chi connectivity index (χ1n) is 5.73. The van der Waals surface area contributed by atoms with Crippen molar-refractivity contribution in [2.75, 3.05) is 7.05 Å². The molecule has 1 aliphatic rings. The number of phenolic OH excluding ortho intramolecular Hbond substituents is 1. The molecule has 1 fully saturated rings. The van der Waals surface area contributed by atoms with E-state index in [-0.39, 0.29) is 23.4 Å². The van der Waals surface area contributed by atoms with E-state index in [1.54, 1.807) is 17.0 Å². The molecule has 1 amide bonds. The van der Waals surface area contributed by atoms with Crippen LogP contribution in [0.5, 0.6) is 5.75 Å². The summed E-state index contributed by atoms with van der Waals surface area (Å²) in [5, 5.41) is 12.5. The minimum atomic E-state index is -0.293. The van der Waals surface area contributed by atoms with Gasteiger partial charge >= 0.3 is 0 Å². The summed E-state index contributed by atoms with van der Waals surface area (Å²) < 4.78 is 0. The molecule has 1 atom stereocenters. The monoisotopic (exact) mass is 234 g/mol. The van der Waals surface area contributed by atoms with E-state index in [2.05, 4.69) is 5.32 Å². The predicted molar refractivity (Wildman–Crippen MR) is 65.6 cm³/mol. The summed E-state index contributed by atoms with van der Waals surface area (Å²) >= 11 is 0. The fourth-order valence-electron chi connectivity index (χ4n) is 2.10. The number of aromatic hydroxyl groups is 1. The molecule has 0 saturated carbocycles. The number of rotatable bonds is 2. The van der Waals surface area contributed by atoms with Crippen molar-refractivity contribution in [3.63, 3.8) is 0 Å². The van der Waals surface area contributed by atoms with Crippen LogP contribution in [0, 0.1) is 0 Å². The van der Waals surface area contributed by atoms with Gasteiger partial charge in [0.05, 0.1) is 11.7 Å². The Balaban J connectivity index is 2.10. The minimum absolute atomic E-state index is 0.114. The normalized spacial score (nSPS) is 23.1. The Bertz CT molecular complexity index is 426. The zero-order valence-corrected chi connectivity index (χ0v) is 10.4. The minimum Gasteiger partial charge on any atom is -0.508 e. The lowest BCUT2D eigenvalue weighted by Gasteiger charge is -2.27. The van der Waals surface area contributed by atoms with Gasteiger partial charge in [-0.05, 0) is 38.0 Å². The first-order valence-corrected chi connectivity index (χ1v) is 5.73. The highest BCUT2D eigenvalue weighted by atomic mass is 16.3. The molecule has 4 heteroatoms. The van der Waals surface area contributed by atoms with Crippen LogP contribution in [0.2, 0.25) is 0 Å². The molecule has 0 unspecified atom stereocenters. The van der Waals surface area contributed by atoms with Gasteiger partial charge in [-0.25, -0.2) is 0 Å². The van der Waals surface area contributed by atoms with E-state index >= 15 is 0 Å². The molecule has 2 N–H and O–H groups in total. The number of carbonyl (C=O) groups is 1. The van der Waals surface area contributed by atoms with Gasteiger partial charge in [0.1, 0.15) is 5.75 Å². The zero-order valence-electron chi connectivity index (χ0n) is 10.4. The largest absolute Gasteiger partial charge is 0.508 e. The van der Waals surface area contributed by atoms with E-state index in [0.717, 1.165) is 5.56 Å². The summed E-state index contributed by atoms with van der Waals surface area (Å²) in [6.45, 7) is 3.98. The third-order valence-electron chi connectivity index (χ3n) is 3.37. The van der Waals surface area contributed by atoms with Crippen molar-refractivity contribution in [3.8, 4) is 5.75 Å². The van der Waals surface area contributed by atoms with Crippen molar-refractivity contribution in [2.45, 2.75) is 32.0 Å². The van der Waals surface area contributed by atoms with Crippen LogP contribution in [0.15, 0.2) is 24.3 Å². The molecule has 17 heavy (non-hydrogen) atoms. The van der Waals surface area contributed by atoms with Crippen molar-refractivity contribution in [2.24, 2.45) is 0 Å². The van der Waals surface area contributed by atoms with Crippen LogP contribution in [0.25, 0.3) is 0 Å². The SMILES string of the molecule is CN1C(=O)[C@H](Cc2ccc(O)cc2)NC1(C)C. The summed E-state index contributed by atoms with van der Waals surface area (Å²) in [5.74, 6) is 0.361. The Morgan fingerprint density at radius 2 is 1.94 bits per heavy atom. The Morgan fingerprint density at radius 3 is 2.41 bits per heavy atom. The molecule has 4 nitrogen and oxygen atoms in total. The molecule has 1 aromatic carbocycles. The van der Waals surface area contributed by atoms with Crippen molar-refractivity contribution in [3.05, 3.63) is 29.8 Å². The maximum absolute atomic E-state index is 12.0. The highest BCUT2D eigenvalue weighted by Crippen LogP contribution is 2.21. The number of amides is 1. The third-order valence-corrected chi connectivity index (χ3v) is 3.37. The number of carbonyl (C=O) groups excluding carboxylic acids is 1. The van der Waals surface area contributed by atoms with Crippen LogP contribution in [0.3, 0.4) is 0 Å². The lowest BCUT2D eigenvalue weighted by atomic mass is 10.1. The van der Waals surface area contributed by atoms with Gasteiger partial charge in [0, 0.05) is 7.05 Å².